The van der Waals surface area contributed by atoms with Crippen molar-refractivity contribution < 1.29 is 9.18 Å². The number of rotatable bonds is 3. The van der Waals surface area contributed by atoms with E-state index in [-0.39, 0.29) is 17.1 Å². The second kappa shape index (κ2) is 5.55. The second-order valence-corrected chi connectivity index (χ2v) is 3.91. The van der Waals surface area contributed by atoms with E-state index in [0.29, 0.717) is 5.82 Å². The molecule has 0 spiro atoms. The van der Waals surface area contributed by atoms with E-state index < -0.39 is 11.7 Å². The molecule has 1 aromatic carbocycles. The van der Waals surface area contributed by atoms with Crippen LogP contribution in [0.5, 0.6) is 0 Å². The first-order chi connectivity index (χ1) is 8.66. The lowest BCUT2D eigenvalue weighted by atomic mass is 10.2. The van der Waals surface area contributed by atoms with Gasteiger partial charge in [0.05, 0.1) is 12.1 Å². The van der Waals surface area contributed by atoms with Crippen LogP contribution in [0.4, 0.5) is 4.39 Å². The number of amides is 1. The van der Waals surface area contributed by atoms with Crippen LogP contribution in [0.25, 0.3) is 0 Å². The summed E-state index contributed by atoms with van der Waals surface area (Å²) in [6, 6.07) is 5.55. The van der Waals surface area contributed by atoms with Gasteiger partial charge in [-0.1, -0.05) is 11.6 Å². The van der Waals surface area contributed by atoms with Crippen LogP contribution in [0.15, 0.2) is 36.7 Å². The summed E-state index contributed by atoms with van der Waals surface area (Å²) in [7, 11) is 0. The van der Waals surface area contributed by atoms with Crippen LogP contribution in [0.3, 0.4) is 0 Å². The molecular weight excluding hydrogens is 257 g/mol. The van der Waals surface area contributed by atoms with E-state index in [1.54, 1.807) is 18.5 Å². The van der Waals surface area contributed by atoms with Crippen molar-refractivity contribution in [1.82, 2.24) is 15.3 Å². The van der Waals surface area contributed by atoms with Crippen LogP contribution >= 0.6 is 11.6 Å². The molecule has 0 bridgehead atoms. The molecule has 0 unspecified atom stereocenters. The number of hydrogen-bond donors (Lipinski definition) is 1. The Morgan fingerprint density at radius 1 is 1.33 bits per heavy atom. The summed E-state index contributed by atoms with van der Waals surface area (Å²) in [5, 5.41) is 2.77. The highest BCUT2D eigenvalue weighted by Crippen LogP contribution is 2.14. The van der Waals surface area contributed by atoms with E-state index in [1.165, 1.54) is 12.1 Å². The minimum absolute atomic E-state index is 0.0599. The molecule has 1 heterocycles. The first-order valence-electron chi connectivity index (χ1n) is 5.16. The van der Waals surface area contributed by atoms with Crippen molar-refractivity contribution in [3.8, 4) is 0 Å². The highest BCUT2D eigenvalue weighted by atomic mass is 35.5. The van der Waals surface area contributed by atoms with Crippen molar-refractivity contribution in [2.45, 2.75) is 6.54 Å². The van der Waals surface area contributed by atoms with Gasteiger partial charge in [-0.2, -0.15) is 0 Å². The molecule has 0 fully saturated rings. The summed E-state index contributed by atoms with van der Waals surface area (Å²) in [5.41, 5.74) is -0.0599. The zero-order valence-electron chi connectivity index (χ0n) is 9.23. The smallest absolute Gasteiger partial charge is 0.254 e. The van der Waals surface area contributed by atoms with Crippen molar-refractivity contribution >= 4 is 17.5 Å². The molecule has 18 heavy (non-hydrogen) atoms. The van der Waals surface area contributed by atoms with Crippen LogP contribution in [0.2, 0.25) is 5.02 Å². The van der Waals surface area contributed by atoms with Gasteiger partial charge in [0.2, 0.25) is 0 Å². The van der Waals surface area contributed by atoms with E-state index in [2.05, 4.69) is 15.3 Å². The Labute approximate surface area is 108 Å². The van der Waals surface area contributed by atoms with Crippen LogP contribution < -0.4 is 5.32 Å². The fraction of sp³-hybridized carbons (Fsp3) is 0.0833. The van der Waals surface area contributed by atoms with Gasteiger partial charge in [0.25, 0.3) is 5.91 Å². The number of aromatic nitrogens is 2. The number of benzene rings is 1. The summed E-state index contributed by atoms with van der Waals surface area (Å²) in [5.74, 6) is -0.731. The van der Waals surface area contributed by atoms with Gasteiger partial charge in [0.1, 0.15) is 11.6 Å². The molecule has 2 rings (SSSR count). The van der Waals surface area contributed by atoms with Gasteiger partial charge in [-0.3, -0.25) is 4.79 Å². The zero-order valence-corrected chi connectivity index (χ0v) is 9.99. The van der Waals surface area contributed by atoms with Gasteiger partial charge in [0, 0.05) is 17.4 Å². The van der Waals surface area contributed by atoms with Crippen LogP contribution in [0, 0.1) is 5.82 Å². The molecule has 2 aromatic rings. The van der Waals surface area contributed by atoms with E-state index in [4.69, 9.17) is 11.6 Å². The van der Waals surface area contributed by atoms with Crippen LogP contribution in [0.1, 0.15) is 16.2 Å². The third kappa shape index (κ3) is 3.01. The maximum Gasteiger partial charge on any atom is 0.254 e. The average molecular weight is 266 g/mol. The Morgan fingerprint density at radius 2 is 2.06 bits per heavy atom. The molecule has 1 aromatic heterocycles. The predicted molar refractivity (Wildman–Crippen MR) is 64.6 cm³/mol. The molecule has 0 saturated heterocycles. The Morgan fingerprint density at radius 3 is 2.72 bits per heavy atom. The monoisotopic (exact) mass is 265 g/mol. The summed E-state index contributed by atoms with van der Waals surface area (Å²) >= 11 is 5.60. The van der Waals surface area contributed by atoms with Gasteiger partial charge < -0.3 is 5.32 Å². The minimum atomic E-state index is -0.658. The highest BCUT2D eigenvalue weighted by Gasteiger charge is 2.11. The highest BCUT2D eigenvalue weighted by molar-refractivity contribution is 6.30. The fourth-order valence-electron chi connectivity index (χ4n) is 1.35. The molecule has 92 valence electrons. The standard InChI is InChI=1S/C12H9ClFN3O/c13-8-2-3-9(10(14)6-8)12(18)17-7-11-15-4-1-5-16-11/h1-6H,7H2,(H,17,18). The molecule has 6 heteroatoms. The fourth-order valence-corrected chi connectivity index (χ4v) is 1.51. The van der Waals surface area contributed by atoms with Crippen molar-refractivity contribution in [3.63, 3.8) is 0 Å². The number of hydrogen-bond acceptors (Lipinski definition) is 3. The average Bonchev–Trinajstić information content (AvgIpc) is 2.37. The largest absolute Gasteiger partial charge is 0.345 e. The number of carbonyl (C=O) groups is 1. The number of carbonyl (C=O) groups excluding carboxylic acids is 1. The Hall–Kier alpha value is -2.01. The molecule has 0 aliphatic heterocycles. The third-order valence-corrected chi connectivity index (χ3v) is 2.44. The number of nitrogens with one attached hydrogen (secondary N) is 1. The lowest BCUT2D eigenvalue weighted by Gasteiger charge is -2.05. The Kier molecular flexibility index (Phi) is 3.84. The lowest BCUT2D eigenvalue weighted by Crippen LogP contribution is -2.24. The Balaban J connectivity index is 2.04. The molecule has 0 aliphatic rings. The summed E-state index contributed by atoms with van der Waals surface area (Å²) in [4.78, 5) is 19.6. The van der Waals surface area contributed by atoms with E-state index >= 15 is 0 Å². The van der Waals surface area contributed by atoms with Crippen molar-refractivity contribution in [2.24, 2.45) is 0 Å². The summed E-state index contributed by atoms with van der Waals surface area (Å²) in [6.07, 6.45) is 3.13. The zero-order chi connectivity index (χ0) is 13.0. The van der Waals surface area contributed by atoms with Gasteiger partial charge in [0.15, 0.2) is 0 Å². The number of nitrogens with zero attached hydrogens (tertiary/aromatic N) is 2. The molecular formula is C12H9ClFN3O. The van der Waals surface area contributed by atoms with Crippen molar-refractivity contribution in [3.05, 3.63) is 58.9 Å². The maximum absolute atomic E-state index is 13.5. The summed E-state index contributed by atoms with van der Waals surface area (Å²) in [6.45, 7) is 0.141. The van der Waals surface area contributed by atoms with Crippen molar-refractivity contribution in [1.29, 1.82) is 0 Å². The molecule has 1 amide bonds. The van der Waals surface area contributed by atoms with Crippen LogP contribution in [-0.2, 0) is 6.54 Å². The normalized spacial score (nSPS) is 10.1. The molecule has 0 atom stereocenters. The quantitative estimate of drug-likeness (QED) is 0.926. The van der Waals surface area contributed by atoms with E-state index in [9.17, 15) is 9.18 Å². The summed E-state index contributed by atoms with van der Waals surface area (Å²) < 4.78 is 13.5. The van der Waals surface area contributed by atoms with Gasteiger partial charge in [-0.25, -0.2) is 14.4 Å². The topological polar surface area (TPSA) is 54.9 Å². The molecule has 4 nitrogen and oxygen atoms in total. The third-order valence-electron chi connectivity index (χ3n) is 2.20. The Bertz CT molecular complexity index is 563. The lowest BCUT2D eigenvalue weighted by molar-refractivity contribution is 0.0946. The van der Waals surface area contributed by atoms with E-state index in [0.717, 1.165) is 6.07 Å². The molecule has 0 aliphatic carbocycles. The van der Waals surface area contributed by atoms with Crippen LogP contribution in [-0.4, -0.2) is 15.9 Å². The SMILES string of the molecule is O=C(NCc1ncccn1)c1ccc(Cl)cc1F. The van der Waals surface area contributed by atoms with E-state index in [1.807, 2.05) is 0 Å². The van der Waals surface area contributed by atoms with Gasteiger partial charge in [-0.15, -0.1) is 0 Å². The van der Waals surface area contributed by atoms with Gasteiger partial charge >= 0.3 is 0 Å². The first kappa shape index (κ1) is 12.4. The predicted octanol–water partition coefficient (Wildman–Crippen LogP) is 2.20. The second-order valence-electron chi connectivity index (χ2n) is 3.47. The molecule has 0 saturated carbocycles. The minimum Gasteiger partial charge on any atom is -0.345 e. The number of halogens is 2. The molecule has 0 radical (unpaired) electrons. The van der Waals surface area contributed by atoms with Crippen molar-refractivity contribution in [2.75, 3.05) is 0 Å². The first-order valence-corrected chi connectivity index (χ1v) is 5.54. The maximum atomic E-state index is 13.5. The molecule has 1 N–H and O–H groups in total. The van der Waals surface area contributed by atoms with Gasteiger partial charge in [-0.05, 0) is 24.3 Å².